The third-order valence-corrected chi connectivity index (χ3v) is 2.70. The molecule has 0 bridgehead atoms. The fraction of sp³-hybridized carbons (Fsp3) is 0.364. The predicted molar refractivity (Wildman–Crippen MR) is 66.0 cm³/mol. The topological polar surface area (TPSA) is 114 Å². The van der Waals surface area contributed by atoms with Gasteiger partial charge in [0.05, 0.1) is 5.56 Å². The molecule has 2 N–H and O–H groups in total. The molecule has 0 saturated heterocycles. The van der Waals surface area contributed by atoms with Crippen LogP contribution >= 0.6 is 0 Å². The zero-order valence-corrected chi connectivity index (χ0v) is 10.3. The molecule has 0 saturated carbocycles. The number of aromatic nitrogens is 5. The first-order chi connectivity index (χ1) is 9.09. The Hall–Kier alpha value is -2.51. The molecule has 2 rings (SSSR count). The van der Waals surface area contributed by atoms with E-state index in [-0.39, 0.29) is 17.9 Å². The second-order valence-electron chi connectivity index (χ2n) is 4.06. The van der Waals surface area contributed by atoms with E-state index in [2.05, 4.69) is 20.2 Å². The van der Waals surface area contributed by atoms with E-state index < -0.39 is 11.2 Å². The largest absolute Gasteiger partial charge is 0.328 e. The van der Waals surface area contributed by atoms with Gasteiger partial charge in [0.2, 0.25) is 0 Å². The van der Waals surface area contributed by atoms with Crippen LogP contribution in [-0.4, -0.2) is 30.5 Å². The number of nitrogens with one attached hydrogen (secondary N) is 2. The summed E-state index contributed by atoms with van der Waals surface area (Å²) in [5.41, 5.74) is -1.10. The van der Waals surface area contributed by atoms with Crippen LogP contribution in [0, 0.1) is 0 Å². The summed E-state index contributed by atoms with van der Waals surface area (Å²) >= 11 is 0. The molecule has 8 nitrogen and oxygen atoms in total. The highest BCUT2D eigenvalue weighted by Crippen LogP contribution is 1.95. The van der Waals surface area contributed by atoms with Crippen molar-refractivity contribution in [2.45, 2.75) is 26.3 Å². The standard InChI is InChI=1S/C11H13N5O3/c1-7(17)8-5-12-11(19)16(10(8)18)4-2-3-9-13-6-14-15-9/h5-6H,2-4H2,1H3,(H,12,19)(H,13,14,15). The van der Waals surface area contributed by atoms with Gasteiger partial charge in [0.25, 0.3) is 5.56 Å². The Bertz CT molecular complexity index is 683. The molecule has 2 aromatic heterocycles. The molecule has 0 atom stereocenters. The molecule has 0 aliphatic heterocycles. The molecule has 0 radical (unpaired) electrons. The van der Waals surface area contributed by atoms with Crippen LogP contribution in [0.25, 0.3) is 0 Å². The Kier molecular flexibility index (Phi) is 3.69. The molecule has 0 aliphatic carbocycles. The number of hydrogen-bond donors (Lipinski definition) is 2. The van der Waals surface area contributed by atoms with Crippen molar-refractivity contribution in [2.24, 2.45) is 0 Å². The van der Waals surface area contributed by atoms with Crippen molar-refractivity contribution >= 4 is 5.78 Å². The Morgan fingerprint density at radius 1 is 1.42 bits per heavy atom. The highest BCUT2D eigenvalue weighted by atomic mass is 16.2. The molecule has 0 aliphatic rings. The first-order valence-corrected chi connectivity index (χ1v) is 5.77. The fourth-order valence-electron chi connectivity index (χ4n) is 1.72. The quantitative estimate of drug-likeness (QED) is 0.705. The van der Waals surface area contributed by atoms with Crippen LogP contribution in [0.4, 0.5) is 0 Å². The van der Waals surface area contributed by atoms with Crippen LogP contribution in [0.3, 0.4) is 0 Å². The van der Waals surface area contributed by atoms with Gasteiger partial charge in [-0.25, -0.2) is 9.78 Å². The van der Waals surface area contributed by atoms with Crippen molar-refractivity contribution in [1.82, 2.24) is 24.7 Å². The molecule has 0 amide bonds. The molecule has 100 valence electrons. The van der Waals surface area contributed by atoms with E-state index in [1.165, 1.54) is 13.3 Å². The summed E-state index contributed by atoms with van der Waals surface area (Å²) in [5, 5.41) is 6.40. The maximum absolute atomic E-state index is 11.9. The van der Waals surface area contributed by atoms with Gasteiger partial charge in [-0.2, -0.15) is 5.10 Å². The van der Waals surface area contributed by atoms with E-state index in [1.807, 2.05) is 0 Å². The number of carbonyl (C=O) groups is 1. The molecule has 0 aromatic carbocycles. The lowest BCUT2D eigenvalue weighted by atomic mass is 10.2. The van der Waals surface area contributed by atoms with Crippen molar-refractivity contribution < 1.29 is 4.79 Å². The summed E-state index contributed by atoms with van der Waals surface area (Å²) < 4.78 is 1.02. The number of aromatic amines is 2. The number of nitrogens with zero attached hydrogens (tertiary/aromatic N) is 3. The van der Waals surface area contributed by atoms with Gasteiger partial charge in [-0.1, -0.05) is 0 Å². The van der Waals surface area contributed by atoms with Crippen molar-refractivity contribution in [3.63, 3.8) is 0 Å². The Balaban J connectivity index is 2.16. The van der Waals surface area contributed by atoms with Crippen molar-refractivity contribution in [3.8, 4) is 0 Å². The van der Waals surface area contributed by atoms with Gasteiger partial charge in [0, 0.05) is 19.2 Å². The molecule has 2 aromatic rings. The van der Waals surface area contributed by atoms with Gasteiger partial charge in [0.15, 0.2) is 5.78 Å². The van der Waals surface area contributed by atoms with E-state index in [0.717, 1.165) is 10.8 Å². The van der Waals surface area contributed by atoms with Gasteiger partial charge in [-0.3, -0.25) is 19.3 Å². The number of Topliss-reactive ketones (excluding diaryl/α,β-unsaturated/α-hetero) is 1. The van der Waals surface area contributed by atoms with E-state index in [4.69, 9.17) is 0 Å². The van der Waals surface area contributed by atoms with Crippen molar-refractivity contribution in [1.29, 1.82) is 0 Å². The third-order valence-electron chi connectivity index (χ3n) is 2.70. The molecule has 2 heterocycles. The lowest BCUT2D eigenvalue weighted by Crippen LogP contribution is -2.37. The van der Waals surface area contributed by atoms with Crippen LogP contribution < -0.4 is 11.2 Å². The first-order valence-electron chi connectivity index (χ1n) is 5.77. The second kappa shape index (κ2) is 5.42. The molecular weight excluding hydrogens is 250 g/mol. The number of carbonyl (C=O) groups excluding carboxylic acids is 1. The molecule has 0 unspecified atom stereocenters. The van der Waals surface area contributed by atoms with Gasteiger partial charge in [-0.15, -0.1) is 0 Å². The van der Waals surface area contributed by atoms with Gasteiger partial charge < -0.3 is 4.98 Å². The SMILES string of the molecule is CC(=O)c1c[nH]c(=O)n(CCCc2ncn[nH]2)c1=O. The normalized spacial score (nSPS) is 10.6. The number of hydrogen-bond acceptors (Lipinski definition) is 5. The maximum Gasteiger partial charge on any atom is 0.328 e. The fourth-order valence-corrected chi connectivity index (χ4v) is 1.72. The lowest BCUT2D eigenvalue weighted by molar-refractivity contribution is 0.101. The zero-order valence-electron chi connectivity index (χ0n) is 10.3. The van der Waals surface area contributed by atoms with Crippen molar-refractivity contribution in [3.05, 3.63) is 44.8 Å². The van der Waals surface area contributed by atoms with Crippen LogP contribution in [0.15, 0.2) is 22.1 Å². The van der Waals surface area contributed by atoms with Crippen LogP contribution in [-0.2, 0) is 13.0 Å². The molecule has 0 spiro atoms. The van der Waals surface area contributed by atoms with Gasteiger partial charge in [-0.05, 0) is 13.3 Å². The summed E-state index contributed by atoms with van der Waals surface area (Å²) in [7, 11) is 0. The number of ketones is 1. The Morgan fingerprint density at radius 3 is 2.84 bits per heavy atom. The minimum atomic E-state index is -0.561. The van der Waals surface area contributed by atoms with Crippen LogP contribution in [0.2, 0.25) is 0 Å². The van der Waals surface area contributed by atoms with E-state index in [9.17, 15) is 14.4 Å². The maximum atomic E-state index is 11.9. The first kappa shape index (κ1) is 12.9. The molecule has 19 heavy (non-hydrogen) atoms. The summed E-state index contributed by atoms with van der Waals surface area (Å²) in [6.07, 6.45) is 3.65. The Labute approximate surface area is 107 Å². The average Bonchev–Trinajstić information content (AvgIpc) is 2.86. The van der Waals surface area contributed by atoms with Crippen LogP contribution in [0.5, 0.6) is 0 Å². The van der Waals surface area contributed by atoms with Crippen LogP contribution in [0.1, 0.15) is 29.5 Å². The highest BCUT2D eigenvalue weighted by molar-refractivity contribution is 5.93. The predicted octanol–water partition coefficient (Wildman–Crippen LogP) is -0.510. The zero-order chi connectivity index (χ0) is 13.8. The second-order valence-corrected chi connectivity index (χ2v) is 4.06. The number of rotatable bonds is 5. The lowest BCUT2D eigenvalue weighted by Gasteiger charge is -2.04. The number of aryl methyl sites for hydroxylation is 1. The number of H-pyrrole nitrogens is 2. The molecular formula is C11H13N5O3. The molecule has 8 heteroatoms. The summed E-state index contributed by atoms with van der Waals surface area (Å²) in [5.74, 6) is 0.317. The van der Waals surface area contributed by atoms with Gasteiger partial charge >= 0.3 is 5.69 Å². The average molecular weight is 263 g/mol. The summed E-state index contributed by atoms with van der Waals surface area (Å²) in [6, 6.07) is 0. The minimum absolute atomic E-state index is 0.0146. The summed E-state index contributed by atoms with van der Waals surface area (Å²) in [4.78, 5) is 41.0. The van der Waals surface area contributed by atoms with E-state index in [0.29, 0.717) is 18.7 Å². The smallest absolute Gasteiger partial charge is 0.313 e. The monoisotopic (exact) mass is 263 g/mol. The summed E-state index contributed by atoms with van der Waals surface area (Å²) in [6.45, 7) is 1.50. The molecule has 0 fully saturated rings. The van der Waals surface area contributed by atoms with E-state index >= 15 is 0 Å². The van der Waals surface area contributed by atoms with Gasteiger partial charge in [0.1, 0.15) is 12.2 Å². The highest BCUT2D eigenvalue weighted by Gasteiger charge is 2.10. The Morgan fingerprint density at radius 2 is 2.21 bits per heavy atom. The van der Waals surface area contributed by atoms with E-state index in [1.54, 1.807) is 0 Å². The third kappa shape index (κ3) is 2.84. The van der Waals surface area contributed by atoms with Crippen molar-refractivity contribution in [2.75, 3.05) is 0 Å². The minimum Gasteiger partial charge on any atom is -0.313 e.